The number of aliphatic imine (C=N–C) groups is 1. The summed E-state index contributed by atoms with van der Waals surface area (Å²) in [5.41, 5.74) is 1.75. The second-order valence-electron chi connectivity index (χ2n) is 6.84. The largest absolute Gasteiger partial charge is 0.357 e. The third kappa shape index (κ3) is 8.57. The van der Waals surface area contributed by atoms with E-state index in [1.165, 1.54) is 12.8 Å². The van der Waals surface area contributed by atoms with Gasteiger partial charge in [0.2, 0.25) is 0 Å². The Balaban J connectivity index is 2.58. The number of nitrogens with one attached hydrogen (secondary N) is 3. The molecule has 0 heterocycles. The SMILES string of the molecule is CCNC(=NCc1ccc(C(=O)NC)cc1)NC(C)CCCC(C)C. The highest BCUT2D eigenvalue weighted by molar-refractivity contribution is 5.93. The molecule has 1 atom stereocenters. The summed E-state index contributed by atoms with van der Waals surface area (Å²) >= 11 is 0. The minimum Gasteiger partial charge on any atom is -0.357 e. The number of rotatable bonds is 9. The fourth-order valence-electron chi connectivity index (χ4n) is 2.53. The monoisotopic (exact) mass is 346 g/mol. The van der Waals surface area contributed by atoms with Crippen LogP contribution in [0.3, 0.4) is 0 Å². The first-order valence-electron chi connectivity index (χ1n) is 9.32. The molecule has 140 valence electrons. The predicted molar refractivity (Wildman–Crippen MR) is 106 cm³/mol. The Bertz CT molecular complexity index is 537. The van der Waals surface area contributed by atoms with E-state index >= 15 is 0 Å². The zero-order chi connectivity index (χ0) is 18.7. The van der Waals surface area contributed by atoms with Crippen LogP contribution in [0.1, 0.15) is 62.9 Å². The van der Waals surface area contributed by atoms with Crippen molar-refractivity contribution in [2.45, 2.75) is 59.5 Å². The van der Waals surface area contributed by atoms with Gasteiger partial charge < -0.3 is 16.0 Å². The number of hydrogen-bond acceptors (Lipinski definition) is 2. The lowest BCUT2D eigenvalue weighted by molar-refractivity contribution is 0.0963. The Kier molecular flexibility index (Phi) is 9.66. The molecular weight excluding hydrogens is 312 g/mol. The number of benzene rings is 1. The van der Waals surface area contributed by atoms with Gasteiger partial charge in [-0.15, -0.1) is 0 Å². The molecule has 0 saturated heterocycles. The zero-order valence-electron chi connectivity index (χ0n) is 16.4. The molecule has 0 spiro atoms. The van der Waals surface area contributed by atoms with Crippen LogP contribution >= 0.6 is 0 Å². The Hall–Kier alpha value is -2.04. The van der Waals surface area contributed by atoms with Gasteiger partial charge in [0.05, 0.1) is 6.54 Å². The topological polar surface area (TPSA) is 65.5 Å². The van der Waals surface area contributed by atoms with Crippen LogP contribution in [0.15, 0.2) is 29.3 Å². The van der Waals surface area contributed by atoms with Crippen molar-refractivity contribution >= 4 is 11.9 Å². The van der Waals surface area contributed by atoms with E-state index in [9.17, 15) is 4.79 Å². The Labute approximate surface area is 152 Å². The van der Waals surface area contributed by atoms with Gasteiger partial charge in [-0.05, 0) is 43.9 Å². The van der Waals surface area contributed by atoms with E-state index in [2.05, 4.69) is 48.6 Å². The molecule has 0 aliphatic carbocycles. The van der Waals surface area contributed by atoms with Gasteiger partial charge >= 0.3 is 0 Å². The van der Waals surface area contributed by atoms with Gasteiger partial charge in [-0.3, -0.25) is 4.79 Å². The molecule has 0 aromatic heterocycles. The molecule has 0 aliphatic rings. The summed E-state index contributed by atoms with van der Waals surface area (Å²) in [6, 6.07) is 7.96. The van der Waals surface area contributed by atoms with Crippen molar-refractivity contribution < 1.29 is 4.79 Å². The van der Waals surface area contributed by atoms with Gasteiger partial charge in [0, 0.05) is 25.2 Å². The highest BCUT2D eigenvalue weighted by Gasteiger charge is 2.06. The molecule has 25 heavy (non-hydrogen) atoms. The average Bonchev–Trinajstić information content (AvgIpc) is 2.59. The molecule has 1 rings (SSSR count). The van der Waals surface area contributed by atoms with Gasteiger partial charge in [-0.2, -0.15) is 0 Å². The molecule has 0 aliphatic heterocycles. The van der Waals surface area contributed by atoms with Crippen LogP contribution in [0.2, 0.25) is 0 Å². The van der Waals surface area contributed by atoms with E-state index < -0.39 is 0 Å². The van der Waals surface area contributed by atoms with Crippen molar-refractivity contribution in [1.29, 1.82) is 0 Å². The van der Waals surface area contributed by atoms with Gasteiger partial charge in [0.1, 0.15) is 0 Å². The minimum absolute atomic E-state index is 0.0692. The van der Waals surface area contributed by atoms with E-state index in [0.717, 1.165) is 30.4 Å². The van der Waals surface area contributed by atoms with Crippen molar-refractivity contribution in [1.82, 2.24) is 16.0 Å². The molecule has 1 amide bonds. The first-order valence-corrected chi connectivity index (χ1v) is 9.32. The lowest BCUT2D eigenvalue weighted by Crippen LogP contribution is -2.42. The lowest BCUT2D eigenvalue weighted by Gasteiger charge is -2.18. The van der Waals surface area contributed by atoms with E-state index in [-0.39, 0.29) is 5.91 Å². The van der Waals surface area contributed by atoms with Crippen molar-refractivity contribution in [2.75, 3.05) is 13.6 Å². The molecule has 3 N–H and O–H groups in total. The molecule has 1 aromatic carbocycles. The van der Waals surface area contributed by atoms with E-state index in [4.69, 9.17) is 0 Å². The first-order chi connectivity index (χ1) is 12.0. The smallest absolute Gasteiger partial charge is 0.251 e. The Morgan fingerprint density at radius 1 is 1.12 bits per heavy atom. The van der Waals surface area contributed by atoms with E-state index in [1.54, 1.807) is 7.05 Å². The lowest BCUT2D eigenvalue weighted by atomic mass is 10.0. The summed E-state index contributed by atoms with van der Waals surface area (Å²) < 4.78 is 0. The zero-order valence-corrected chi connectivity index (χ0v) is 16.4. The van der Waals surface area contributed by atoms with Crippen molar-refractivity contribution in [2.24, 2.45) is 10.9 Å². The molecule has 1 unspecified atom stereocenters. The second-order valence-corrected chi connectivity index (χ2v) is 6.84. The van der Waals surface area contributed by atoms with Crippen molar-refractivity contribution in [3.63, 3.8) is 0 Å². The maximum Gasteiger partial charge on any atom is 0.251 e. The summed E-state index contributed by atoms with van der Waals surface area (Å²) in [6.45, 7) is 10.2. The van der Waals surface area contributed by atoms with Crippen LogP contribution in [0.4, 0.5) is 0 Å². The third-order valence-electron chi connectivity index (χ3n) is 4.01. The Morgan fingerprint density at radius 2 is 1.80 bits per heavy atom. The third-order valence-corrected chi connectivity index (χ3v) is 4.01. The van der Waals surface area contributed by atoms with Crippen LogP contribution in [0.5, 0.6) is 0 Å². The number of carbonyl (C=O) groups excluding carboxylic acids is 1. The Morgan fingerprint density at radius 3 is 2.36 bits per heavy atom. The molecule has 0 fully saturated rings. The molecule has 1 aromatic rings. The maximum atomic E-state index is 11.6. The van der Waals surface area contributed by atoms with Gasteiger partial charge in [-0.1, -0.05) is 38.8 Å². The average molecular weight is 347 g/mol. The van der Waals surface area contributed by atoms with Gasteiger partial charge in [0.25, 0.3) is 5.91 Å². The fourth-order valence-corrected chi connectivity index (χ4v) is 2.53. The number of guanidine groups is 1. The number of nitrogens with zero attached hydrogens (tertiary/aromatic N) is 1. The number of carbonyl (C=O) groups is 1. The molecular formula is C20H34N4O. The standard InChI is InChI=1S/C20H34N4O/c1-6-22-20(24-16(4)9-7-8-15(2)3)23-14-17-10-12-18(13-11-17)19(25)21-5/h10-13,15-16H,6-9,14H2,1-5H3,(H,21,25)(H2,22,23,24). The summed E-state index contributed by atoms with van der Waals surface area (Å²) in [5.74, 6) is 1.53. The number of hydrogen-bond donors (Lipinski definition) is 3. The maximum absolute atomic E-state index is 11.6. The summed E-state index contributed by atoms with van der Waals surface area (Å²) in [7, 11) is 1.64. The van der Waals surface area contributed by atoms with Crippen molar-refractivity contribution in [3.05, 3.63) is 35.4 Å². The quantitative estimate of drug-likeness (QED) is 0.475. The minimum atomic E-state index is -0.0692. The van der Waals surface area contributed by atoms with Crippen LogP contribution in [-0.4, -0.2) is 31.5 Å². The highest BCUT2D eigenvalue weighted by atomic mass is 16.1. The van der Waals surface area contributed by atoms with Crippen LogP contribution in [0.25, 0.3) is 0 Å². The number of amides is 1. The molecule has 0 bridgehead atoms. The molecule has 0 radical (unpaired) electrons. The van der Waals surface area contributed by atoms with Crippen LogP contribution in [0, 0.1) is 5.92 Å². The van der Waals surface area contributed by atoms with E-state index in [0.29, 0.717) is 18.2 Å². The second kappa shape index (κ2) is 11.5. The normalized spacial score (nSPS) is 12.8. The summed E-state index contributed by atoms with van der Waals surface area (Å²) in [5, 5.41) is 9.40. The molecule has 5 nitrogen and oxygen atoms in total. The predicted octanol–water partition coefficient (Wildman–Crippen LogP) is 3.32. The van der Waals surface area contributed by atoms with Gasteiger partial charge in [0.15, 0.2) is 5.96 Å². The van der Waals surface area contributed by atoms with Crippen molar-refractivity contribution in [3.8, 4) is 0 Å². The van der Waals surface area contributed by atoms with Gasteiger partial charge in [-0.25, -0.2) is 4.99 Å². The highest BCUT2D eigenvalue weighted by Crippen LogP contribution is 2.09. The summed E-state index contributed by atoms with van der Waals surface area (Å²) in [4.78, 5) is 16.2. The first kappa shape index (κ1) is 21.0. The summed E-state index contributed by atoms with van der Waals surface area (Å²) in [6.07, 6.45) is 3.63. The molecule has 0 saturated carbocycles. The van der Waals surface area contributed by atoms with E-state index in [1.807, 2.05) is 24.3 Å². The fraction of sp³-hybridized carbons (Fsp3) is 0.600. The van der Waals surface area contributed by atoms with Crippen LogP contribution < -0.4 is 16.0 Å². The van der Waals surface area contributed by atoms with Crippen LogP contribution in [-0.2, 0) is 6.54 Å². The molecule has 5 heteroatoms.